The monoisotopic (exact) mass is 266 g/mol. The summed E-state index contributed by atoms with van der Waals surface area (Å²) in [7, 11) is 3.96. The number of hydrogen-bond acceptors (Lipinski definition) is 5. The molecule has 1 aromatic carbocycles. The molecule has 0 saturated heterocycles. The number of amides is 1. The van der Waals surface area contributed by atoms with E-state index in [0.29, 0.717) is 36.7 Å². The predicted molar refractivity (Wildman–Crippen MR) is 77.0 cm³/mol. The van der Waals surface area contributed by atoms with E-state index in [1.54, 1.807) is 18.2 Å². The van der Waals surface area contributed by atoms with Gasteiger partial charge in [0.1, 0.15) is 0 Å². The summed E-state index contributed by atoms with van der Waals surface area (Å²) < 4.78 is 5.37. The molecule has 0 aliphatic rings. The Morgan fingerprint density at radius 2 is 2.05 bits per heavy atom. The lowest BCUT2D eigenvalue weighted by molar-refractivity contribution is 0.0901. The van der Waals surface area contributed by atoms with E-state index >= 15 is 0 Å². The number of hydrogen-bond donors (Lipinski definition) is 3. The van der Waals surface area contributed by atoms with Gasteiger partial charge in [0.2, 0.25) is 0 Å². The molecule has 19 heavy (non-hydrogen) atoms. The Hall–Kier alpha value is -1.79. The number of carbonyl (C=O) groups is 1. The number of benzene rings is 1. The molecular formula is C13H22N4O2. The normalized spacial score (nSPS) is 10.7. The Labute approximate surface area is 113 Å². The van der Waals surface area contributed by atoms with Crippen LogP contribution in [-0.2, 0) is 4.74 Å². The van der Waals surface area contributed by atoms with Crippen molar-refractivity contribution in [1.29, 1.82) is 0 Å². The van der Waals surface area contributed by atoms with Crippen molar-refractivity contribution in [3.8, 4) is 0 Å². The van der Waals surface area contributed by atoms with Gasteiger partial charge in [0.05, 0.1) is 18.8 Å². The third-order valence-corrected chi connectivity index (χ3v) is 2.54. The maximum atomic E-state index is 11.8. The lowest BCUT2D eigenvalue weighted by Gasteiger charge is -2.11. The first-order valence-electron chi connectivity index (χ1n) is 6.16. The largest absolute Gasteiger partial charge is 0.399 e. The molecule has 0 spiro atoms. The summed E-state index contributed by atoms with van der Waals surface area (Å²) in [6.45, 7) is 2.44. The number of nitrogens with one attached hydrogen (secondary N) is 1. The van der Waals surface area contributed by atoms with Crippen LogP contribution in [0, 0.1) is 0 Å². The molecule has 0 aliphatic carbocycles. The Bertz CT molecular complexity index is 421. The van der Waals surface area contributed by atoms with Crippen LogP contribution >= 0.6 is 0 Å². The molecule has 0 aliphatic heterocycles. The van der Waals surface area contributed by atoms with E-state index in [1.807, 2.05) is 19.0 Å². The van der Waals surface area contributed by atoms with E-state index in [1.165, 1.54) is 0 Å². The fraction of sp³-hybridized carbons (Fsp3) is 0.462. The molecule has 0 saturated carbocycles. The molecule has 0 heterocycles. The van der Waals surface area contributed by atoms with Crippen molar-refractivity contribution in [2.75, 3.05) is 51.9 Å². The highest BCUT2D eigenvalue weighted by atomic mass is 16.5. The average molecular weight is 266 g/mol. The van der Waals surface area contributed by atoms with Crippen LogP contribution in [-0.4, -0.2) is 51.2 Å². The van der Waals surface area contributed by atoms with E-state index in [-0.39, 0.29) is 5.91 Å². The molecule has 0 fully saturated rings. The number of carbonyl (C=O) groups excluding carboxylic acids is 1. The molecule has 0 atom stereocenters. The zero-order chi connectivity index (χ0) is 14.3. The van der Waals surface area contributed by atoms with Gasteiger partial charge in [0.15, 0.2) is 0 Å². The number of nitrogens with two attached hydrogens (primary N) is 2. The summed E-state index contributed by atoms with van der Waals surface area (Å²) in [5, 5.41) is 2.75. The average Bonchev–Trinajstić information content (AvgIpc) is 2.32. The number of nitrogen functional groups attached to an aromatic ring is 2. The molecule has 6 heteroatoms. The molecule has 0 aromatic heterocycles. The van der Waals surface area contributed by atoms with Crippen molar-refractivity contribution >= 4 is 17.3 Å². The maximum absolute atomic E-state index is 11.8. The fourth-order valence-corrected chi connectivity index (χ4v) is 1.47. The van der Waals surface area contributed by atoms with Gasteiger partial charge in [-0.25, -0.2) is 0 Å². The first kappa shape index (κ1) is 15.3. The van der Waals surface area contributed by atoms with Crippen LogP contribution in [0.2, 0.25) is 0 Å². The van der Waals surface area contributed by atoms with Gasteiger partial charge >= 0.3 is 0 Å². The van der Waals surface area contributed by atoms with Gasteiger partial charge in [-0.2, -0.15) is 0 Å². The van der Waals surface area contributed by atoms with Gasteiger partial charge < -0.3 is 26.4 Å². The summed E-state index contributed by atoms with van der Waals surface area (Å²) in [4.78, 5) is 13.9. The SMILES string of the molecule is CN(C)CCOCCNC(=O)c1ccc(N)cc1N. The predicted octanol–water partition coefficient (Wildman–Crippen LogP) is 0.159. The Kier molecular flexibility index (Phi) is 6.11. The minimum Gasteiger partial charge on any atom is -0.399 e. The summed E-state index contributed by atoms with van der Waals surface area (Å²) in [5.41, 5.74) is 12.7. The second-order valence-corrected chi connectivity index (χ2v) is 4.52. The molecule has 0 radical (unpaired) electrons. The molecule has 0 unspecified atom stereocenters. The van der Waals surface area contributed by atoms with Crippen LogP contribution in [0.1, 0.15) is 10.4 Å². The number of likely N-dealkylation sites (N-methyl/N-ethyl adjacent to an activating group) is 1. The van der Waals surface area contributed by atoms with E-state index in [2.05, 4.69) is 5.32 Å². The quantitative estimate of drug-likeness (QED) is 0.483. The topological polar surface area (TPSA) is 93.6 Å². The first-order valence-corrected chi connectivity index (χ1v) is 6.16. The zero-order valence-electron chi connectivity index (χ0n) is 11.5. The third-order valence-electron chi connectivity index (χ3n) is 2.54. The molecule has 5 N–H and O–H groups in total. The van der Waals surface area contributed by atoms with Crippen molar-refractivity contribution in [2.45, 2.75) is 0 Å². The van der Waals surface area contributed by atoms with Crippen LogP contribution < -0.4 is 16.8 Å². The smallest absolute Gasteiger partial charge is 0.253 e. The van der Waals surface area contributed by atoms with Gasteiger partial charge in [-0.3, -0.25) is 4.79 Å². The van der Waals surface area contributed by atoms with Crippen LogP contribution in [0.15, 0.2) is 18.2 Å². The molecule has 1 amide bonds. The first-order chi connectivity index (χ1) is 9.00. The van der Waals surface area contributed by atoms with Gasteiger partial charge in [0, 0.05) is 24.5 Å². The molecule has 106 valence electrons. The van der Waals surface area contributed by atoms with Crippen molar-refractivity contribution in [3.05, 3.63) is 23.8 Å². The standard InChI is InChI=1S/C13H22N4O2/c1-17(2)6-8-19-7-5-16-13(18)11-4-3-10(14)9-12(11)15/h3-4,9H,5-8,14-15H2,1-2H3,(H,16,18). The van der Waals surface area contributed by atoms with Crippen LogP contribution in [0.5, 0.6) is 0 Å². The Balaban J connectivity index is 2.28. The Morgan fingerprint density at radius 3 is 2.68 bits per heavy atom. The van der Waals surface area contributed by atoms with Crippen molar-refractivity contribution in [3.63, 3.8) is 0 Å². The van der Waals surface area contributed by atoms with E-state index in [9.17, 15) is 4.79 Å². The number of anilines is 2. The highest BCUT2D eigenvalue weighted by molar-refractivity contribution is 5.99. The zero-order valence-corrected chi connectivity index (χ0v) is 11.5. The van der Waals surface area contributed by atoms with Gasteiger partial charge in [0.25, 0.3) is 5.91 Å². The van der Waals surface area contributed by atoms with E-state index < -0.39 is 0 Å². The summed E-state index contributed by atoms with van der Waals surface area (Å²) >= 11 is 0. The highest BCUT2D eigenvalue weighted by Gasteiger charge is 2.08. The van der Waals surface area contributed by atoms with E-state index in [0.717, 1.165) is 6.54 Å². The van der Waals surface area contributed by atoms with Crippen molar-refractivity contribution in [1.82, 2.24) is 10.2 Å². The van der Waals surface area contributed by atoms with Crippen molar-refractivity contribution < 1.29 is 9.53 Å². The minimum atomic E-state index is -0.214. The second-order valence-electron chi connectivity index (χ2n) is 4.52. The number of nitrogens with zero attached hydrogens (tertiary/aromatic N) is 1. The second kappa shape index (κ2) is 7.60. The maximum Gasteiger partial charge on any atom is 0.253 e. The Morgan fingerprint density at radius 1 is 1.32 bits per heavy atom. The van der Waals surface area contributed by atoms with Crippen LogP contribution in [0.25, 0.3) is 0 Å². The molecule has 1 aromatic rings. The molecule has 1 rings (SSSR count). The van der Waals surface area contributed by atoms with E-state index in [4.69, 9.17) is 16.2 Å². The van der Waals surface area contributed by atoms with Gasteiger partial charge in [-0.05, 0) is 32.3 Å². The third kappa shape index (κ3) is 5.58. The number of rotatable bonds is 7. The lowest BCUT2D eigenvalue weighted by Crippen LogP contribution is -2.29. The van der Waals surface area contributed by atoms with Crippen molar-refractivity contribution in [2.24, 2.45) is 0 Å². The fourth-order valence-electron chi connectivity index (χ4n) is 1.47. The van der Waals surface area contributed by atoms with Gasteiger partial charge in [-0.1, -0.05) is 0 Å². The van der Waals surface area contributed by atoms with Gasteiger partial charge in [-0.15, -0.1) is 0 Å². The highest BCUT2D eigenvalue weighted by Crippen LogP contribution is 2.15. The lowest BCUT2D eigenvalue weighted by atomic mass is 10.1. The summed E-state index contributed by atoms with van der Waals surface area (Å²) in [6.07, 6.45) is 0. The molecule has 6 nitrogen and oxygen atoms in total. The van der Waals surface area contributed by atoms with Crippen LogP contribution in [0.4, 0.5) is 11.4 Å². The molecular weight excluding hydrogens is 244 g/mol. The number of ether oxygens (including phenoxy) is 1. The molecule has 0 bridgehead atoms. The van der Waals surface area contributed by atoms with Crippen LogP contribution in [0.3, 0.4) is 0 Å². The minimum absolute atomic E-state index is 0.214. The summed E-state index contributed by atoms with van der Waals surface area (Å²) in [5.74, 6) is -0.214. The summed E-state index contributed by atoms with van der Waals surface area (Å²) in [6, 6.07) is 4.84.